The Kier molecular flexibility index (Phi) is 5.96. The lowest BCUT2D eigenvalue weighted by molar-refractivity contribution is -0.117. The number of nitrogens with one attached hydrogen (secondary N) is 1. The van der Waals surface area contributed by atoms with Gasteiger partial charge in [0.15, 0.2) is 5.13 Å². The summed E-state index contributed by atoms with van der Waals surface area (Å²) in [4.78, 5) is 29.8. The summed E-state index contributed by atoms with van der Waals surface area (Å²) in [5, 5.41) is 16.4. The summed E-state index contributed by atoms with van der Waals surface area (Å²) in [5.41, 5.74) is 2.79. The number of thiazole rings is 1. The van der Waals surface area contributed by atoms with Gasteiger partial charge in [0.2, 0.25) is 5.91 Å². The molecule has 4 aromatic rings. The molecule has 0 spiro atoms. The molecule has 1 N–H and O–H groups in total. The molecule has 0 aliphatic heterocycles. The van der Waals surface area contributed by atoms with Crippen molar-refractivity contribution in [1.82, 2.24) is 14.8 Å². The monoisotopic (exact) mass is 427 g/mol. The van der Waals surface area contributed by atoms with Gasteiger partial charge < -0.3 is 5.32 Å². The van der Waals surface area contributed by atoms with E-state index < -0.39 is 0 Å². The Morgan fingerprint density at radius 3 is 2.58 bits per heavy atom. The lowest BCUT2D eigenvalue weighted by Crippen LogP contribution is -2.29. The maximum atomic E-state index is 12.4. The summed E-state index contributed by atoms with van der Waals surface area (Å²) in [6.07, 6.45) is 2.36. The average Bonchev–Trinajstić information content (AvgIpc) is 3.23. The van der Waals surface area contributed by atoms with Crippen LogP contribution in [0, 0.1) is 11.3 Å². The van der Waals surface area contributed by atoms with Crippen LogP contribution in [-0.4, -0.2) is 20.7 Å². The SMILES string of the molecule is N#Cc1ccc(Cc2cnc(NC(=O)Cn3nc(-c4ccccc4)ccc3=O)s2)cc1. The van der Waals surface area contributed by atoms with E-state index in [-0.39, 0.29) is 18.0 Å². The predicted octanol–water partition coefficient (Wildman–Crippen LogP) is 3.47. The van der Waals surface area contributed by atoms with Crippen LogP contribution in [0.25, 0.3) is 11.3 Å². The van der Waals surface area contributed by atoms with Crippen molar-refractivity contribution in [3.63, 3.8) is 0 Å². The molecular weight excluding hydrogens is 410 g/mol. The zero-order valence-corrected chi connectivity index (χ0v) is 17.2. The first-order valence-corrected chi connectivity index (χ1v) is 10.3. The van der Waals surface area contributed by atoms with E-state index in [1.165, 1.54) is 17.4 Å². The molecule has 31 heavy (non-hydrogen) atoms. The van der Waals surface area contributed by atoms with Crippen molar-refractivity contribution >= 4 is 22.4 Å². The van der Waals surface area contributed by atoms with E-state index in [4.69, 9.17) is 5.26 Å². The lowest BCUT2D eigenvalue weighted by Gasteiger charge is -2.07. The number of carbonyl (C=O) groups is 1. The molecule has 2 aromatic carbocycles. The minimum absolute atomic E-state index is 0.204. The fourth-order valence-electron chi connectivity index (χ4n) is 2.97. The second kappa shape index (κ2) is 9.15. The summed E-state index contributed by atoms with van der Waals surface area (Å²) in [7, 11) is 0. The highest BCUT2D eigenvalue weighted by molar-refractivity contribution is 7.15. The quantitative estimate of drug-likeness (QED) is 0.508. The molecule has 0 aliphatic carbocycles. The van der Waals surface area contributed by atoms with E-state index in [1.54, 1.807) is 24.4 Å². The molecule has 0 unspecified atom stereocenters. The van der Waals surface area contributed by atoms with Crippen molar-refractivity contribution in [2.75, 3.05) is 5.32 Å². The number of nitrogens with zero attached hydrogens (tertiary/aromatic N) is 4. The van der Waals surface area contributed by atoms with Crippen LogP contribution in [0.4, 0.5) is 5.13 Å². The molecule has 4 rings (SSSR count). The van der Waals surface area contributed by atoms with Crippen LogP contribution in [0.1, 0.15) is 16.0 Å². The average molecular weight is 427 g/mol. The van der Waals surface area contributed by atoms with E-state index in [2.05, 4.69) is 21.5 Å². The van der Waals surface area contributed by atoms with E-state index in [0.717, 1.165) is 20.7 Å². The maximum absolute atomic E-state index is 12.4. The molecule has 7 nitrogen and oxygen atoms in total. The van der Waals surface area contributed by atoms with E-state index in [1.807, 2.05) is 42.5 Å². The summed E-state index contributed by atoms with van der Waals surface area (Å²) >= 11 is 1.36. The van der Waals surface area contributed by atoms with Gasteiger partial charge in [0.25, 0.3) is 5.56 Å². The summed E-state index contributed by atoms with van der Waals surface area (Å²) < 4.78 is 1.14. The third kappa shape index (κ3) is 5.10. The van der Waals surface area contributed by atoms with Crippen LogP contribution in [0.15, 0.2) is 77.7 Å². The molecule has 8 heteroatoms. The van der Waals surface area contributed by atoms with Gasteiger partial charge in [-0.05, 0) is 23.8 Å². The molecule has 0 aliphatic rings. The van der Waals surface area contributed by atoms with Gasteiger partial charge in [-0.1, -0.05) is 42.5 Å². The summed E-state index contributed by atoms with van der Waals surface area (Å²) in [6, 6.07) is 21.9. The smallest absolute Gasteiger partial charge is 0.267 e. The molecular formula is C23H17N5O2S. The van der Waals surface area contributed by atoms with E-state index in [9.17, 15) is 9.59 Å². The van der Waals surface area contributed by atoms with E-state index >= 15 is 0 Å². The third-order valence-corrected chi connectivity index (χ3v) is 5.40. The standard InChI is InChI=1S/C23H17N5O2S/c24-13-17-8-6-16(7-9-17)12-19-14-25-23(31-19)26-21(29)15-28-22(30)11-10-20(27-28)18-4-2-1-3-5-18/h1-11,14H,12,15H2,(H,25,26,29). The molecule has 0 saturated heterocycles. The van der Waals surface area contributed by atoms with Gasteiger partial charge in [0, 0.05) is 29.1 Å². The first kappa shape index (κ1) is 20.2. The Bertz CT molecular complexity index is 1300. The van der Waals surface area contributed by atoms with Crippen LogP contribution in [-0.2, 0) is 17.8 Å². The molecule has 2 aromatic heterocycles. The molecule has 2 heterocycles. The van der Waals surface area contributed by atoms with Crippen molar-refractivity contribution in [2.45, 2.75) is 13.0 Å². The van der Waals surface area contributed by atoms with Gasteiger partial charge >= 0.3 is 0 Å². The zero-order chi connectivity index (χ0) is 21.6. The van der Waals surface area contributed by atoms with Crippen molar-refractivity contribution in [3.05, 3.63) is 99.3 Å². The number of carbonyl (C=O) groups excluding carboxylic acids is 1. The van der Waals surface area contributed by atoms with Gasteiger partial charge in [0.05, 0.1) is 17.3 Å². The van der Waals surface area contributed by atoms with Gasteiger partial charge in [-0.2, -0.15) is 10.4 Å². The number of hydrogen-bond acceptors (Lipinski definition) is 6. The Labute approximate surface area is 182 Å². The van der Waals surface area contributed by atoms with Gasteiger partial charge in [-0.25, -0.2) is 9.67 Å². The summed E-state index contributed by atoms with van der Waals surface area (Å²) in [6.45, 7) is -0.204. The van der Waals surface area contributed by atoms with Crippen molar-refractivity contribution < 1.29 is 4.79 Å². The second-order valence-corrected chi connectivity index (χ2v) is 7.86. The highest BCUT2D eigenvalue weighted by atomic mass is 32.1. The fourth-order valence-corrected chi connectivity index (χ4v) is 3.83. The highest BCUT2D eigenvalue weighted by Crippen LogP contribution is 2.21. The van der Waals surface area contributed by atoms with Gasteiger partial charge in [0.1, 0.15) is 6.54 Å². The first-order chi connectivity index (χ1) is 15.1. The fraction of sp³-hybridized carbons (Fsp3) is 0.0870. The Morgan fingerprint density at radius 2 is 1.84 bits per heavy atom. The normalized spacial score (nSPS) is 10.4. The Hall–Kier alpha value is -4.09. The van der Waals surface area contributed by atoms with Crippen LogP contribution < -0.4 is 10.9 Å². The lowest BCUT2D eigenvalue weighted by atomic mass is 10.1. The number of rotatable bonds is 6. The van der Waals surface area contributed by atoms with Crippen LogP contribution in [0.2, 0.25) is 0 Å². The van der Waals surface area contributed by atoms with Crippen molar-refractivity contribution in [1.29, 1.82) is 5.26 Å². The highest BCUT2D eigenvalue weighted by Gasteiger charge is 2.11. The van der Waals surface area contributed by atoms with Crippen LogP contribution in [0.5, 0.6) is 0 Å². The Morgan fingerprint density at radius 1 is 1.06 bits per heavy atom. The van der Waals surface area contributed by atoms with E-state index in [0.29, 0.717) is 22.8 Å². The molecule has 152 valence electrons. The van der Waals surface area contributed by atoms with Crippen LogP contribution >= 0.6 is 11.3 Å². The second-order valence-electron chi connectivity index (χ2n) is 6.75. The number of nitriles is 1. The van der Waals surface area contributed by atoms with Gasteiger partial charge in [-0.15, -0.1) is 11.3 Å². The molecule has 0 fully saturated rings. The number of aromatic nitrogens is 3. The topological polar surface area (TPSA) is 101 Å². The van der Waals surface area contributed by atoms with Crippen molar-refractivity contribution in [3.8, 4) is 17.3 Å². The largest absolute Gasteiger partial charge is 0.300 e. The number of anilines is 1. The first-order valence-electron chi connectivity index (χ1n) is 9.48. The van der Waals surface area contributed by atoms with Crippen molar-refractivity contribution in [2.24, 2.45) is 0 Å². The molecule has 1 amide bonds. The zero-order valence-electron chi connectivity index (χ0n) is 16.4. The number of benzene rings is 2. The predicted molar refractivity (Wildman–Crippen MR) is 119 cm³/mol. The molecule has 0 bridgehead atoms. The van der Waals surface area contributed by atoms with Gasteiger partial charge in [-0.3, -0.25) is 9.59 Å². The number of amides is 1. The van der Waals surface area contributed by atoms with Crippen LogP contribution in [0.3, 0.4) is 0 Å². The minimum atomic E-state index is -0.376. The minimum Gasteiger partial charge on any atom is -0.300 e. The maximum Gasteiger partial charge on any atom is 0.267 e. The summed E-state index contributed by atoms with van der Waals surface area (Å²) in [5.74, 6) is -0.376. The molecule has 0 saturated carbocycles. The third-order valence-electron chi connectivity index (χ3n) is 4.49. The molecule has 0 atom stereocenters. The molecule has 0 radical (unpaired) electrons. The Balaban J connectivity index is 1.41. The number of hydrogen-bond donors (Lipinski definition) is 1.